The average Bonchev–Trinajstić information content (AvgIpc) is 2.93. The molecular weight excluding hydrogens is 228 g/mol. The van der Waals surface area contributed by atoms with Crippen LogP contribution < -0.4 is 0 Å². The molecule has 0 amide bonds. The molecule has 0 aliphatic carbocycles. The molecule has 0 fully saturated rings. The Morgan fingerprint density at radius 3 is 2.56 bits per heavy atom. The molecule has 96 valence electrons. The predicted octanol–water partition coefficient (Wildman–Crippen LogP) is 2.99. The molecule has 0 spiro atoms. The van der Waals surface area contributed by atoms with Crippen molar-refractivity contribution >= 4 is 5.97 Å². The summed E-state index contributed by atoms with van der Waals surface area (Å²) in [5, 5.41) is 4.14. The van der Waals surface area contributed by atoms with Gasteiger partial charge in [0.1, 0.15) is 0 Å². The van der Waals surface area contributed by atoms with Crippen LogP contribution in [0.15, 0.2) is 36.7 Å². The van der Waals surface area contributed by atoms with Gasteiger partial charge >= 0.3 is 5.97 Å². The summed E-state index contributed by atoms with van der Waals surface area (Å²) in [7, 11) is 1.37. The van der Waals surface area contributed by atoms with Gasteiger partial charge in [-0.2, -0.15) is 5.10 Å². The van der Waals surface area contributed by atoms with Crippen LogP contribution in [0.1, 0.15) is 29.8 Å². The molecule has 0 radical (unpaired) electrons. The molecule has 0 aliphatic heterocycles. The molecule has 0 aliphatic rings. The van der Waals surface area contributed by atoms with Gasteiger partial charge < -0.3 is 4.74 Å². The standard InChI is InChI=1S/C12H12N2O2.C2H6/c1-9-8-10(12(15)16-2)4-5-11(9)14-7-3-6-13-14;1-2/h3-8H,1-2H3;1-2H3. The zero-order valence-electron chi connectivity index (χ0n) is 11.2. The number of nitrogens with zero attached hydrogens (tertiary/aromatic N) is 2. The Hall–Kier alpha value is -2.10. The van der Waals surface area contributed by atoms with Crippen molar-refractivity contribution in [1.29, 1.82) is 0 Å². The molecule has 0 saturated heterocycles. The molecule has 0 atom stereocenters. The van der Waals surface area contributed by atoms with E-state index in [4.69, 9.17) is 0 Å². The van der Waals surface area contributed by atoms with Gasteiger partial charge in [-0.3, -0.25) is 0 Å². The topological polar surface area (TPSA) is 44.1 Å². The van der Waals surface area contributed by atoms with Crippen molar-refractivity contribution in [2.45, 2.75) is 20.8 Å². The number of ether oxygens (including phenoxy) is 1. The summed E-state index contributed by atoms with van der Waals surface area (Å²) in [4.78, 5) is 11.3. The van der Waals surface area contributed by atoms with Crippen LogP contribution >= 0.6 is 0 Å². The molecule has 1 aromatic heterocycles. The van der Waals surface area contributed by atoms with Crippen LogP contribution in [0.3, 0.4) is 0 Å². The SMILES string of the molecule is CC.COC(=O)c1ccc(-n2cccn2)c(C)c1. The number of aromatic nitrogens is 2. The minimum atomic E-state index is -0.324. The summed E-state index contributed by atoms with van der Waals surface area (Å²) in [5.41, 5.74) is 2.49. The summed E-state index contributed by atoms with van der Waals surface area (Å²) >= 11 is 0. The Labute approximate surface area is 107 Å². The van der Waals surface area contributed by atoms with Crippen LogP contribution in [0.2, 0.25) is 0 Å². The Balaban J connectivity index is 0.000000771. The van der Waals surface area contributed by atoms with Gasteiger partial charge in [-0.1, -0.05) is 13.8 Å². The molecule has 4 nitrogen and oxygen atoms in total. The minimum absolute atomic E-state index is 0.324. The fourth-order valence-corrected chi connectivity index (χ4v) is 1.57. The molecule has 0 N–H and O–H groups in total. The van der Waals surface area contributed by atoms with E-state index in [2.05, 4.69) is 9.84 Å². The lowest BCUT2D eigenvalue weighted by molar-refractivity contribution is 0.0600. The predicted molar refractivity (Wildman–Crippen MR) is 71.0 cm³/mol. The van der Waals surface area contributed by atoms with Crippen molar-refractivity contribution in [2.24, 2.45) is 0 Å². The fraction of sp³-hybridized carbons (Fsp3) is 0.286. The Morgan fingerprint density at radius 2 is 2.06 bits per heavy atom. The number of rotatable bonds is 2. The molecular formula is C14H18N2O2. The van der Waals surface area contributed by atoms with Gasteiger partial charge in [-0.15, -0.1) is 0 Å². The summed E-state index contributed by atoms with van der Waals surface area (Å²) in [5.74, 6) is -0.324. The monoisotopic (exact) mass is 246 g/mol. The van der Waals surface area contributed by atoms with Gasteiger partial charge in [0, 0.05) is 12.4 Å². The fourth-order valence-electron chi connectivity index (χ4n) is 1.57. The lowest BCUT2D eigenvalue weighted by atomic mass is 10.1. The van der Waals surface area contributed by atoms with Crippen LogP contribution in [-0.4, -0.2) is 22.9 Å². The maximum atomic E-state index is 11.3. The zero-order chi connectivity index (χ0) is 13.5. The van der Waals surface area contributed by atoms with Crippen LogP contribution in [0.4, 0.5) is 0 Å². The number of carbonyl (C=O) groups is 1. The molecule has 0 saturated carbocycles. The van der Waals surface area contributed by atoms with Crippen molar-refractivity contribution in [3.63, 3.8) is 0 Å². The largest absolute Gasteiger partial charge is 0.465 e. The second-order valence-corrected chi connectivity index (χ2v) is 3.44. The van der Waals surface area contributed by atoms with Gasteiger partial charge in [-0.25, -0.2) is 9.48 Å². The first kappa shape index (κ1) is 14.0. The van der Waals surface area contributed by atoms with E-state index in [1.807, 2.05) is 39.1 Å². The third-order valence-corrected chi connectivity index (χ3v) is 2.37. The molecule has 0 unspecified atom stereocenters. The maximum absolute atomic E-state index is 11.3. The van der Waals surface area contributed by atoms with Gasteiger partial charge in [0.25, 0.3) is 0 Å². The van der Waals surface area contributed by atoms with Crippen molar-refractivity contribution < 1.29 is 9.53 Å². The molecule has 2 rings (SSSR count). The summed E-state index contributed by atoms with van der Waals surface area (Å²) < 4.78 is 6.42. The van der Waals surface area contributed by atoms with Crippen molar-refractivity contribution in [2.75, 3.05) is 7.11 Å². The second-order valence-electron chi connectivity index (χ2n) is 3.44. The van der Waals surface area contributed by atoms with Gasteiger partial charge in [0.05, 0.1) is 18.4 Å². The van der Waals surface area contributed by atoms with E-state index in [0.29, 0.717) is 5.56 Å². The van der Waals surface area contributed by atoms with Crippen LogP contribution in [0.25, 0.3) is 5.69 Å². The lowest BCUT2D eigenvalue weighted by Gasteiger charge is -2.07. The van der Waals surface area contributed by atoms with E-state index >= 15 is 0 Å². The highest BCUT2D eigenvalue weighted by Crippen LogP contribution is 2.15. The number of carbonyl (C=O) groups excluding carboxylic acids is 1. The first-order valence-corrected chi connectivity index (χ1v) is 5.91. The number of hydrogen-bond acceptors (Lipinski definition) is 3. The third-order valence-electron chi connectivity index (χ3n) is 2.37. The molecule has 18 heavy (non-hydrogen) atoms. The van der Waals surface area contributed by atoms with E-state index in [1.54, 1.807) is 23.0 Å². The number of benzene rings is 1. The van der Waals surface area contributed by atoms with Crippen LogP contribution in [-0.2, 0) is 4.74 Å². The van der Waals surface area contributed by atoms with E-state index in [1.165, 1.54) is 7.11 Å². The molecule has 1 heterocycles. The summed E-state index contributed by atoms with van der Waals surface area (Å²) in [6, 6.07) is 7.24. The Morgan fingerprint density at radius 1 is 1.33 bits per heavy atom. The number of hydrogen-bond donors (Lipinski definition) is 0. The quantitative estimate of drug-likeness (QED) is 0.765. The van der Waals surface area contributed by atoms with E-state index < -0.39 is 0 Å². The minimum Gasteiger partial charge on any atom is -0.465 e. The lowest BCUT2D eigenvalue weighted by Crippen LogP contribution is -2.04. The highest BCUT2D eigenvalue weighted by atomic mass is 16.5. The van der Waals surface area contributed by atoms with Gasteiger partial charge in [0.2, 0.25) is 0 Å². The van der Waals surface area contributed by atoms with E-state index in [0.717, 1.165) is 11.3 Å². The van der Waals surface area contributed by atoms with E-state index in [-0.39, 0.29) is 5.97 Å². The molecule has 1 aromatic carbocycles. The van der Waals surface area contributed by atoms with Crippen LogP contribution in [0.5, 0.6) is 0 Å². The molecule has 0 bridgehead atoms. The molecule has 2 aromatic rings. The zero-order valence-corrected chi connectivity index (χ0v) is 11.2. The molecule has 4 heteroatoms. The first-order valence-electron chi connectivity index (χ1n) is 5.91. The average molecular weight is 246 g/mol. The normalized spacial score (nSPS) is 9.33. The second kappa shape index (κ2) is 6.59. The number of aryl methyl sites for hydroxylation is 1. The third kappa shape index (κ3) is 2.97. The Kier molecular flexibility index (Phi) is 5.11. The number of esters is 1. The van der Waals surface area contributed by atoms with E-state index in [9.17, 15) is 4.79 Å². The first-order chi connectivity index (χ1) is 8.72. The maximum Gasteiger partial charge on any atom is 0.337 e. The smallest absolute Gasteiger partial charge is 0.337 e. The van der Waals surface area contributed by atoms with Crippen LogP contribution in [0, 0.1) is 6.92 Å². The highest BCUT2D eigenvalue weighted by molar-refractivity contribution is 5.89. The number of methoxy groups -OCH3 is 1. The van der Waals surface area contributed by atoms with Gasteiger partial charge in [-0.05, 0) is 36.8 Å². The van der Waals surface area contributed by atoms with Crippen molar-refractivity contribution in [3.8, 4) is 5.69 Å². The summed E-state index contributed by atoms with van der Waals surface area (Å²) in [6.45, 7) is 5.93. The highest BCUT2D eigenvalue weighted by Gasteiger charge is 2.08. The Bertz CT molecular complexity index is 505. The van der Waals surface area contributed by atoms with Crippen molar-refractivity contribution in [3.05, 3.63) is 47.8 Å². The summed E-state index contributed by atoms with van der Waals surface area (Å²) in [6.07, 6.45) is 3.58. The van der Waals surface area contributed by atoms with Gasteiger partial charge in [0.15, 0.2) is 0 Å². The van der Waals surface area contributed by atoms with Crippen molar-refractivity contribution in [1.82, 2.24) is 9.78 Å².